The molecular formula is C16H14FNO3. The molecule has 5 heteroatoms. The molecule has 1 aromatic carbocycles. The molecule has 1 atom stereocenters. The van der Waals surface area contributed by atoms with Gasteiger partial charge in [-0.15, -0.1) is 0 Å². The van der Waals surface area contributed by atoms with Crippen LogP contribution in [0.5, 0.6) is 0 Å². The predicted octanol–water partition coefficient (Wildman–Crippen LogP) is 2.61. The molecule has 0 bridgehead atoms. The third kappa shape index (κ3) is 2.35. The zero-order valence-corrected chi connectivity index (χ0v) is 11.3. The van der Waals surface area contributed by atoms with Crippen molar-refractivity contribution in [2.24, 2.45) is 0 Å². The normalized spacial score (nSPS) is 17.3. The Kier molecular flexibility index (Phi) is 3.33. The van der Waals surface area contributed by atoms with Crippen molar-refractivity contribution < 1.29 is 14.3 Å². The highest BCUT2D eigenvalue weighted by Gasteiger charge is 2.25. The lowest BCUT2D eigenvalue weighted by Gasteiger charge is -2.28. The zero-order chi connectivity index (χ0) is 15.0. The van der Waals surface area contributed by atoms with Crippen LogP contribution < -0.4 is 5.56 Å². The van der Waals surface area contributed by atoms with E-state index in [0.29, 0.717) is 0 Å². The van der Waals surface area contributed by atoms with E-state index >= 15 is 0 Å². The van der Waals surface area contributed by atoms with Crippen LogP contribution in [-0.2, 0) is 6.42 Å². The number of carboxylic acids is 1. The monoisotopic (exact) mass is 287 g/mol. The molecule has 1 unspecified atom stereocenters. The molecule has 0 radical (unpaired) electrons. The van der Waals surface area contributed by atoms with E-state index in [1.165, 1.54) is 18.2 Å². The summed E-state index contributed by atoms with van der Waals surface area (Å²) in [6, 6.07) is 8.83. The maximum Gasteiger partial charge on any atom is 0.341 e. The van der Waals surface area contributed by atoms with Crippen LogP contribution in [0.25, 0.3) is 0 Å². The highest BCUT2D eigenvalue weighted by atomic mass is 19.1. The number of rotatable bonds is 2. The molecular weight excluding hydrogens is 273 g/mol. The van der Waals surface area contributed by atoms with E-state index in [2.05, 4.69) is 0 Å². The first-order valence-corrected chi connectivity index (χ1v) is 6.81. The lowest BCUT2D eigenvalue weighted by Crippen LogP contribution is -2.34. The fourth-order valence-corrected chi connectivity index (χ4v) is 2.91. The van der Waals surface area contributed by atoms with Crippen LogP contribution in [0, 0.1) is 5.82 Å². The number of pyridine rings is 1. The molecule has 3 rings (SSSR count). The number of benzene rings is 1. The third-order valence-corrected chi connectivity index (χ3v) is 3.91. The average molecular weight is 287 g/mol. The Morgan fingerprint density at radius 1 is 1.19 bits per heavy atom. The van der Waals surface area contributed by atoms with Gasteiger partial charge in [-0.1, -0.05) is 12.1 Å². The van der Waals surface area contributed by atoms with Gasteiger partial charge in [0.05, 0.1) is 6.04 Å². The molecule has 1 aliphatic heterocycles. The number of carboxylic acid groups (broad SMARTS) is 1. The molecule has 1 aliphatic rings. The largest absolute Gasteiger partial charge is 0.477 e. The lowest BCUT2D eigenvalue weighted by molar-refractivity contribution is 0.0694. The van der Waals surface area contributed by atoms with E-state index in [9.17, 15) is 14.0 Å². The van der Waals surface area contributed by atoms with Gasteiger partial charge in [0.2, 0.25) is 0 Å². The van der Waals surface area contributed by atoms with Crippen molar-refractivity contribution >= 4 is 5.97 Å². The van der Waals surface area contributed by atoms with Gasteiger partial charge in [-0.2, -0.15) is 0 Å². The van der Waals surface area contributed by atoms with Crippen LogP contribution in [0.3, 0.4) is 0 Å². The smallest absolute Gasteiger partial charge is 0.341 e. The Bertz CT molecular complexity index is 749. The maximum absolute atomic E-state index is 13.1. The van der Waals surface area contributed by atoms with E-state index in [0.717, 1.165) is 30.5 Å². The van der Waals surface area contributed by atoms with Crippen molar-refractivity contribution in [2.75, 3.05) is 0 Å². The molecule has 108 valence electrons. The van der Waals surface area contributed by atoms with Gasteiger partial charge in [0, 0.05) is 5.69 Å². The standard InChI is InChI=1S/C16H14FNO3/c17-11-6-4-10(5-7-11)14-3-1-2-12-8-9-13(16(20)21)15(19)18(12)14/h4-9,14H,1-3H2,(H,20,21). The number of carbonyl (C=O) groups is 1. The molecule has 0 fully saturated rings. The van der Waals surface area contributed by atoms with Crippen molar-refractivity contribution in [1.29, 1.82) is 0 Å². The fraction of sp³-hybridized carbons (Fsp3) is 0.250. The Hall–Kier alpha value is -2.43. The lowest BCUT2D eigenvalue weighted by atomic mass is 9.94. The van der Waals surface area contributed by atoms with Gasteiger partial charge in [0.15, 0.2) is 0 Å². The Morgan fingerprint density at radius 2 is 1.90 bits per heavy atom. The summed E-state index contributed by atoms with van der Waals surface area (Å²) in [4.78, 5) is 23.5. The second-order valence-electron chi connectivity index (χ2n) is 5.18. The summed E-state index contributed by atoms with van der Waals surface area (Å²) in [6.45, 7) is 0. The summed E-state index contributed by atoms with van der Waals surface area (Å²) in [6.07, 6.45) is 2.39. The van der Waals surface area contributed by atoms with E-state index < -0.39 is 11.5 Å². The molecule has 0 saturated heterocycles. The van der Waals surface area contributed by atoms with E-state index in [1.54, 1.807) is 22.8 Å². The van der Waals surface area contributed by atoms with Gasteiger partial charge in [0.1, 0.15) is 11.4 Å². The topological polar surface area (TPSA) is 59.3 Å². The van der Waals surface area contributed by atoms with Crippen LogP contribution in [-0.4, -0.2) is 15.6 Å². The van der Waals surface area contributed by atoms with Gasteiger partial charge in [0.25, 0.3) is 5.56 Å². The predicted molar refractivity (Wildman–Crippen MR) is 75.1 cm³/mol. The second-order valence-corrected chi connectivity index (χ2v) is 5.18. The van der Waals surface area contributed by atoms with Gasteiger partial charge in [-0.25, -0.2) is 9.18 Å². The first-order valence-electron chi connectivity index (χ1n) is 6.81. The van der Waals surface area contributed by atoms with Crippen LogP contribution in [0.4, 0.5) is 4.39 Å². The molecule has 0 aliphatic carbocycles. The number of halogens is 1. The Labute approximate surface area is 120 Å². The third-order valence-electron chi connectivity index (χ3n) is 3.91. The Morgan fingerprint density at radius 3 is 2.57 bits per heavy atom. The summed E-state index contributed by atoms with van der Waals surface area (Å²) in [5, 5.41) is 9.10. The molecule has 1 aromatic heterocycles. The van der Waals surface area contributed by atoms with Crippen LogP contribution >= 0.6 is 0 Å². The maximum atomic E-state index is 13.1. The molecule has 2 heterocycles. The number of hydrogen-bond donors (Lipinski definition) is 1. The second kappa shape index (κ2) is 5.16. The summed E-state index contributed by atoms with van der Waals surface area (Å²) >= 11 is 0. The van der Waals surface area contributed by atoms with Crippen LogP contribution in [0.2, 0.25) is 0 Å². The number of aromatic carboxylic acids is 1. The average Bonchev–Trinajstić information content (AvgIpc) is 2.47. The number of aromatic nitrogens is 1. The number of fused-ring (bicyclic) bond motifs is 1. The van der Waals surface area contributed by atoms with E-state index in [1.807, 2.05) is 0 Å². The summed E-state index contributed by atoms with van der Waals surface area (Å²) in [7, 11) is 0. The van der Waals surface area contributed by atoms with Crippen molar-refractivity contribution in [1.82, 2.24) is 4.57 Å². The molecule has 21 heavy (non-hydrogen) atoms. The number of nitrogens with zero attached hydrogens (tertiary/aromatic N) is 1. The van der Waals surface area contributed by atoms with Crippen molar-refractivity contribution in [2.45, 2.75) is 25.3 Å². The van der Waals surface area contributed by atoms with Crippen molar-refractivity contribution in [3.8, 4) is 0 Å². The zero-order valence-electron chi connectivity index (χ0n) is 11.3. The van der Waals surface area contributed by atoms with E-state index in [4.69, 9.17) is 5.11 Å². The quantitative estimate of drug-likeness (QED) is 0.923. The molecule has 0 amide bonds. The number of hydrogen-bond acceptors (Lipinski definition) is 2. The molecule has 4 nitrogen and oxygen atoms in total. The first-order chi connectivity index (χ1) is 10.1. The summed E-state index contributed by atoms with van der Waals surface area (Å²) in [5.74, 6) is -1.56. The molecule has 0 saturated carbocycles. The SMILES string of the molecule is O=C(O)c1ccc2n(c1=O)C(c1ccc(F)cc1)CCC2. The minimum absolute atomic E-state index is 0.229. The van der Waals surface area contributed by atoms with Gasteiger partial charge in [-0.3, -0.25) is 4.79 Å². The van der Waals surface area contributed by atoms with Gasteiger partial charge in [-0.05, 0) is 49.1 Å². The number of aryl methyl sites for hydroxylation is 1. The first kappa shape index (κ1) is 13.5. The minimum Gasteiger partial charge on any atom is -0.477 e. The van der Waals surface area contributed by atoms with Crippen molar-refractivity contribution in [3.05, 3.63) is 69.4 Å². The van der Waals surface area contributed by atoms with Gasteiger partial charge >= 0.3 is 5.97 Å². The Balaban J connectivity index is 2.16. The summed E-state index contributed by atoms with van der Waals surface area (Å²) < 4.78 is 14.6. The highest BCUT2D eigenvalue weighted by Crippen LogP contribution is 2.29. The van der Waals surface area contributed by atoms with E-state index in [-0.39, 0.29) is 17.4 Å². The highest BCUT2D eigenvalue weighted by molar-refractivity contribution is 5.87. The molecule has 2 aromatic rings. The summed E-state index contributed by atoms with van der Waals surface area (Å²) in [5.41, 5.74) is 0.925. The van der Waals surface area contributed by atoms with Crippen LogP contribution in [0.1, 0.15) is 40.5 Å². The molecule has 1 N–H and O–H groups in total. The van der Waals surface area contributed by atoms with Gasteiger partial charge < -0.3 is 9.67 Å². The fourth-order valence-electron chi connectivity index (χ4n) is 2.91. The minimum atomic E-state index is -1.22. The van der Waals surface area contributed by atoms with Crippen molar-refractivity contribution in [3.63, 3.8) is 0 Å². The molecule has 0 spiro atoms. The van der Waals surface area contributed by atoms with Crippen LogP contribution in [0.15, 0.2) is 41.2 Å².